The minimum Gasteiger partial charge on any atom is -0.468 e. The van der Waals surface area contributed by atoms with Gasteiger partial charge in [0.05, 0.1) is 7.11 Å². The van der Waals surface area contributed by atoms with E-state index in [9.17, 15) is 4.79 Å². The molecule has 0 bridgehead atoms. The van der Waals surface area contributed by atoms with Crippen molar-refractivity contribution in [3.8, 4) is 12.3 Å². The van der Waals surface area contributed by atoms with E-state index in [1.54, 1.807) is 0 Å². The highest BCUT2D eigenvalue weighted by Crippen LogP contribution is 1.94. The molecule has 0 aromatic carbocycles. The predicted octanol–water partition coefficient (Wildman–Crippen LogP) is -0.0999. The minimum absolute atomic E-state index is 0.407. The number of nitrogens with two attached hydrogens (primary N) is 1. The van der Waals surface area contributed by atoms with E-state index in [1.165, 1.54) is 7.11 Å². The van der Waals surface area contributed by atoms with Crippen LogP contribution >= 0.6 is 0 Å². The van der Waals surface area contributed by atoms with E-state index >= 15 is 0 Å². The van der Waals surface area contributed by atoms with Crippen molar-refractivity contribution in [2.75, 3.05) is 7.11 Å². The van der Waals surface area contributed by atoms with Gasteiger partial charge in [-0.1, -0.05) is 0 Å². The van der Waals surface area contributed by atoms with Crippen LogP contribution in [0, 0.1) is 12.3 Å². The first kappa shape index (κ1) is 8.99. The van der Waals surface area contributed by atoms with Crippen molar-refractivity contribution in [3.05, 3.63) is 0 Å². The number of ether oxygens (including phenoxy) is 1. The lowest BCUT2D eigenvalue weighted by atomic mass is 10.2. The summed E-state index contributed by atoms with van der Waals surface area (Å²) in [4.78, 5) is 10.6. The molecular formula is C7H11NO2. The van der Waals surface area contributed by atoms with Crippen molar-refractivity contribution in [1.29, 1.82) is 0 Å². The second-order valence-electron chi connectivity index (χ2n) is 1.87. The molecule has 0 amide bonds. The van der Waals surface area contributed by atoms with Crippen molar-refractivity contribution in [1.82, 2.24) is 0 Å². The van der Waals surface area contributed by atoms with Gasteiger partial charge in [-0.05, 0) is 6.42 Å². The number of carbonyl (C=O) groups is 1. The monoisotopic (exact) mass is 141 g/mol. The summed E-state index contributed by atoms with van der Waals surface area (Å²) in [6.45, 7) is 0. The Morgan fingerprint density at radius 3 is 2.90 bits per heavy atom. The van der Waals surface area contributed by atoms with E-state index in [-0.39, 0.29) is 0 Å². The summed E-state index contributed by atoms with van der Waals surface area (Å²) in [7, 11) is 1.30. The number of terminal acetylenes is 1. The molecule has 0 rings (SSSR count). The van der Waals surface area contributed by atoms with Crippen LogP contribution in [-0.4, -0.2) is 19.1 Å². The van der Waals surface area contributed by atoms with Gasteiger partial charge in [0.25, 0.3) is 0 Å². The van der Waals surface area contributed by atoms with Gasteiger partial charge in [-0.2, -0.15) is 0 Å². The van der Waals surface area contributed by atoms with Crippen LogP contribution in [-0.2, 0) is 9.53 Å². The molecule has 56 valence electrons. The molecule has 0 heterocycles. The van der Waals surface area contributed by atoms with Gasteiger partial charge in [0.1, 0.15) is 6.04 Å². The average Bonchev–Trinajstić information content (AvgIpc) is 1.98. The summed E-state index contributed by atoms with van der Waals surface area (Å²) in [6, 6.07) is -0.568. The summed E-state index contributed by atoms with van der Waals surface area (Å²) in [5.41, 5.74) is 5.34. The Morgan fingerprint density at radius 1 is 1.90 bits per heavy atom. The van der Waals surface area contributed by atoms with Gasteiger partial charge < -0.3 is 10.5 Å². The van der Waals surface area contributed by atoms with Gasteiger partial charge >= 0.3 is 5.97 Å². The molecule has 10 heavy (non-hydrogen) atoms. The third-order valence-electron chi connectivity index (χ3n) is 1.10. The topological polar surface area (TPSA) is 52.3 Å². The second kappa shape index (κ2) is 4.83. The number of esters is 1. The number of hydrogen-bond acceptors (Lipinski definition) is 3. The lowest BCUT2D eigenvalue weighted by Crippen LogP contribution is -2.31. The summed E-state index contributed by atoms with van der Waals surface area (Å²) < 4.78 is 4.38. The Kier molecular flexibility index (Phi) is 4.34. The second-order valence-corrected chi connectivity index (χ2v) is 1.87. The van der Waals surface area contributed by atoms with Gasteiger partial charge in [0.2, 0.25) is 0 Å². The fourth-order valence-corrected chi connectivity index (χ4v) is 0.508. The van der Waals surface area contributed by atoms with Crippen molar-refractivity contribution >= 4 is 5.97 Å². The lowest BCUT2D eigenvalue weighted by molar-refractivity contribution is -0.142. The fourth-order valence-electron chi connectivity index (χ4n) is 0.508. The van der Waals surface area contributed by atoms with Crippen LogP contribution in [0.2, 0.25) is 0 Å². The van der Waals surface area contributed by atoms with Crippen LogP contribution in [0.5, 0.6) is 0 Å². The maximum Gasteiger partial charge on any atom is 0.322 e. The first-order valence-corrected chi connectivity index (χ1v) is 2.99. The molecule has 3 heteroatoms. The average molecular weight is 141 g/mol. The van der Waals surface area contributed by atoms with Crippen LogP contribution in [0.15, 0.2) is 0 Å². The molecule has 0 saturated heterocycles. The first-order chi connectivity index (χ1) is 4.72. The van der Waals surface area contributed by atoms with Gasteiger partial charge in [-0.15, -0.1) is 12.3 Å². The molecule has 0 aliphatic heterocycles. The third-order valence-corrected chi connectivity index (χ3v) is 1.10. The summed E-state index contributed by atoms with van der Waals surface area (Å²) >= 11 is 0. The van der Waals surface area contributed by atoms with E-state index < -0.39 is 12.0 Å². The predicted molar refractivity (Wildman–Crippen MR) is 38.1 cm³/mol. The first-order valence-electron chi connectivity index (χ1n) is 2.99. The Hall–Kier alpha value is -1.01. The number of methoxy groups -OCH3 is 1. The van der Waals surface area contributed by atoms with Gasteiger partial charge in [-0.25, -0.2) is 0 Å². The molecule has 0 aromatic heterocycles. The summed E-state index contributed by atoms with van der Waals surface area (Å²) in [5, 5.41) is 0. The molecule has 0 saturated carbocycles. The largest absolute Gasteiger partial charge is 0.468 e. The quantitative estimate of drug-likeness (QED) is 0.441. The molecule has 0 aromatic rings. The van der Waals surface area contributed by atoms with E-state index in [2.05, 4.69) is 10.7 Å². The Morgan fingerprint density at radius 2 is 2.50 bits per heavy atom. The Balaban J connectivity index is 3.53. The lowest BCUT2D eigenvalue weighted by Gasteiger charge is -2.05. The standard InChI is InChI=1S/C7H11NO2/c1-3-4-5-6(8)7(9)10-2/h1,6H,4-5,8H2,2H3/t6-/m0/s1. The van der Waals surface area contributed by atoms with Crippen molar-refractivity contribution in [3.63, 3.8) is 0 Å². The third kappa shape index (κ3) is 3.10. The molecule has 0 aliphatic rings. The van der Waals surface area contributed by atoms with E-state index in [0.717, 1.165) is 0 Å². The van der Waals surface area contributed by atoms with Crippen LogP contribution in [0.3, 0.4) is 0 Å². The highest BCUT2D eigenvalue weighted by atomic mass is 16.5. The fraction of sp³-hybridized carbons (Fsp3) is 0.571. The number of rotatable bonds is 3. The van der Waals surface area contributed by atoms with Crippen molar-refractivity contribution in [2.24, 2.45) is 5.73 Å². The highest BCUT2D eigenvalue weighted by Gasteiger charge is 2.11. The molecule has 0 spiro atoms. The molecule has 2 N–H and O–H groups in total. The minimum atomic E-state index is -0.568. The number of carbonyl (C=O) groups excluding carboxylic acids is 1. The molecular weight excluding hydrogens is 130 g/mol. The van der Waals surface area contributed by atoms with E-state index in [0.29, 0.717) is 12.8 Å². The van der Waals surface area contributed by atoms with Crippen LogP contribution < -0.4 is 5.73 Å². The SMILES string of the molecule is C#CCC[C@H](N)C(=O)OC. The van der Waals surface area contributed by atoms with Gasteiger partial charge in [0.15, 0.2) is 0 Å². The van der Waals surface area contributed by atoms with Gasteiger partial charge in [0, 0.05) is 6.42 Å². The molecule has 0 radical (unpaired) electrons. The Labute approximate surface area is 60.5 Å². The van der Waals surface area contributed by atoms with Crippen LogP contribution in [0.4, 0.5) is 0 Å². The van der Waals surface area contributed by atoms with Crippen molar-refractivity contribution in [2.45, 2.75) is 18.9 Å². The zero-order valence-corrected chi connectivity index (χ0v) is 5.96. The summed E-state index contributed by atoms with van der Waals surface area (Å²) in [5.74, 6) is 1.98. The molecule has 0 fully saturated rings. The molecule has 0 aliphatic carbocycles. The smallest absolute Gasteiger partial charge is 0.322 e. The number of hydrogen-bond donors (Lipinski definition) is 1. The molecule has 0 unspecified atom stereocenters. The maximum absolute atomic E-state index is 10.6. The zero-order valence-electron chi connectivity index (χ0n) is 5.96. The zero-order chi connectivity index (χ0) is 7.98. The van der Waals surface area contributed by atoms with Crippen molar-refractivity contribution < 1.29 is 9.53 Å². The van der Waals surface area contributed by atoms with Crippen LogP contribution in [0.25, 0.3) is 0 Å². The summed E-state index contributed by atoms with van der Waals surface area (Å²) in [6.07, 6.45) is 5.96. The molecule has 1 atom stereocenters. The molecule has 3 nitrogen and oxygen atoms in total. The van der Waals surface area contributed by atoms with E-state index in [1.807, 2.05) is 0 Å². The van der Waals surface area contributed by atoms with Gasteiger partial charge in [-0.3, -0.25) is 4.79 Å². The highest BCUT2D eigenvalue weighted by molar-refractivity contribution is 5.75. The Bertz CT molecular complexity index is 148. The maximum atomic E-state index is 10.6. The van der Waals surface area contributed by atoms with Crippen LogP contribution in [0.1, 0.15) is 12.8 Å². The normalized spacial score (nSPS) is 11.7. The van der Waals surface area contributed by atoms with E-state index in [4.69, 9.17) is 12.2 Å².